The summed E-state index contributed by atoms with van der Waals surface area (Å²) < 4.78 is 35.5. The molecule has 98 valence electrons. The van der Waals surface area contributed by atoms with Crippen LogP contribution in [0.5, 0.6) is 0 Å². The number of rotatable bonds is 4. The van der Waals surface area contributed by atoms with E-state index in [9.17, 15) is 22.8 Å². The molecular formula is C9H12F3NO3S. The van der Waals surface area contributed by atoms with Crippen LogP contribution >= 0.6 is 11.8 Å². The third-order valence-corrected chi connectivity index (χ3v) is 3.36. The molecule has 1 amide bonds. The van der Waals surface area contributed by atoms with E-state index < -0.39 is 29.7 Å². The third-order valence-electron chi connectivity index (χ3n) is 2.38. The highest BCUT2D eigenvalue weighted by atomic mass is 32.2. The van der Waals surface area contributed by atoms with Crippen LogP contribution in [0.3, 0.4) is 0 Å². The number of hydrogen-bond acceptors (Lipinski definition) is 3. The lowest BCUT2D eigenvalue weighted by Crippen LogP contribution is -2.31. The van der Waals surface area contributed by atoms with Crippen LogP contribution in [0.1, 0.15) is 6.42 Å². The van der Waals surface area contributed by atoms with E-state index in [0.29, 0.717) is 24.7 Å². The summed E-state index contributed by atoms with van der Waals surface area (Å²) in [6.07, 6.45) is -3.91. The van der Waals surface area contributed by atoms with Gasteiger partial charge in [0.05, 0.1) is 17.4 Å². The van der Waals surface area contributed by atoms with Crippen molar-refractivity contribution in [3.8, 4) is 0 Å². The summed E-state index contributed by atoms with van der Waals surface area (Å²) in [4.78, 5) is 23.4. The maximum Gasteiger partial charge on any atom is 0.397 e. The quantitative estimate of drug-likeness (QED) is 0.835. The summed E-state index contributed by atoms with van der Waals surface area (Å²) in [5.41, 5.74) is 0. The van der Waals surface area contributed by atoms with Crippen LogP contribution < -0.4 is 0 Å². The van der Waals surface area contributed by atoms with Crippen LogP contribution in [0, 0.1) is 5.92 Å². The number of aliphatic carboxylic acids is 1. The Labute approximate surface area is 100 Å². The van der Waals surface area contributed by atoms with Crippen molar-refractivity contribution in [2.75, 3.05) is 24.6 Å². The number of alkyl halides is 3. The molecule has 1 aliphatic heterocycles. The van der Waals surface area contributed by atoms with Crippen LogP contribution in [0.2, 0.25) is 0 Å². The number of halogens is 3. The fraction of sp³-hybridized carbons (Fsp3) is 0.778. The predicted octanol–water partition coefficient (Wildman–Crippen LogP) is 1.21. The Bertz CT molecular complexity index is 308. The number of hydrogen-bond donors (Lipinski definition) is 1. The minimum Gasteiger partial charge on any atom is -0.481 e. The number of carbonyl (C=O) groups excluding carboxylic acids is 1. The molecule has 0 aromatic heterocycles. The monoisotopic (exact) mass is 271 g/mol. The summed E-state index contributed by atoms with van der Waals surface area (Å²) in [6.45, 7) is 0.406. The molecule has 0 bridgehead atoms. The van der Waals surface area contributed by atoms with Crippen LogP contribution in [0.4, 0.5) is 13.2 Å². The number of thioether (sulfide) groups is 1. The molecule has 1 aliphatic rings. The smallest absolute Gasteiger partial charge is 0.397 e. The number of likely N-dealkylation sites (tertiary alicyclic amines) is 1. The highest BCUT2D eigenvalue weighted by Crippen LogP contribution is 2.22. The van der Waals surface area contributed by atoms with Gasteiger partial charge in [0.1, 0.15) is 0 Å². The van der Waals surface area contributed by atoms with E-state index in [-0.39, 0.29) is 12.3 Å². The maximum atomic E-state index is 11.8. The van der Waals surface area contributed by atoms with E-state index in [4.69, 9.17) is 5.11 Å². The summed E-state index contributed by atoms with van der Waals surface area (Å²) in [5, 5.41) is 8.70. The molecule has 1 heterocycles. The molecule has 0 spiro atoms. The number of amides is 1. The first-order valence-corrected chi connectivity index (χ1v) is 6.10. The zero-order valence-corrected chi connectivity index (χ0v) is 9.68. The highest BCUT2D eigenvalue weighted by Gasteiger charge is 2.32. The first-order chi connectivity index (χ1) is 7.79. The fourth-order valence-electron chi connectivity index (χ4n) is 1.53. The summed E-state index contributed by atoms with van der Waals surface area (Å²) >= 11 is 0.501. The predicted molar refractivity (Wildman–Crippen MR) is 55.7 cm³/mol. The molecule has 0 aromatic carbocycles. The van der Waals surface area contributed by atoms with E-state index in [1.807, 2.05) is 0 Å². The van der Waals surface area contributed by atoms with E-state index in [1.54, 1.807) is 0 Å². The highest BCUT2D eigenvalue weighted by molar-refractivity contribution is 8.00. The van der Waals surface area contributed by atoms with Gasteiger partial charge in [-0.05, 0) is 6.42 Å². The number of nitrogens with zero attached hydrogens (tertiary/aromatic N) is 1. The van der Waals surface area contributed by atoms with Gasteiger partial charge in [-0.3, -0.25) is 9.59 Å². The summed E-state index contributed by atoms with van der Waals surface area (Å²) in [7, 11) is 0. The Kier molecular flexibility index (Phi) is 4.67. The Morgan fingerprint density at radius 2 is 2.06 bits per heavy atom. The second kappa shape index (κ2) is 5.61. The molecule has 0 radical (unpaired) electrons. The molecule has 1 N–H and O–H groups in total. The fourth-order valence-corrected chi connectivity index (χ4v) is 2.22. The average molecular weight is 271 g/mol. The zero-order valence-electron chi connectivity index (χ0n) is 8.87. The molecule has 17 heavy (non-hydrogen) atoms. The molecule has 0 saturated carbocycles. The van der Waals surface area contributed by atoms with Crippen molar-refractivity contribution in [2.45, 2.75) is 12.6 Å². The van der Waals surface area contributed by atoms with Gasteiger partial charge in [-0.25, -0.2) is 0 Å². The van der Waals surface area contributed by atoms with E-state index >= 15 is 0 Å². The SMILES string of the molecule is O=C(O)C1CCN(C(=O)CSCC(F)(F)F)C1. The lowest BCUT2D eigenvalue weighted by molar-refractivity contribution is -0.141. The molecule has 1 rings (SSSR count). The van der Waals surface area contributed by atoms with Crippen LogP contribution in [-0.2, 0) is 9.59 Å². The Balaban J connectivity index is 2.28. The van der Waals surface area contributed by atoms with Gasteiger partial charge in [0.15, 0.2) is 0 Å². The Hall–Kier alpha value is -0.920. The molecule has 0 aliphatic carbocycles. The largest absolute Gasteiger partial charge is 0.481 e. The minimum atomic E-state index is -4.28. The van der Waals surface area contributed by atoms with Gasteiger partial charge in [-0.15, -0.1) is 11.8 Å². The molecule has 1 fully saturated rings. The van der Waals surface area contributed by atoms with Crippen molar-refractivity contribution < 1.29 is 27.9 Å². The molecule has 1 saturated heterocycles. The van der Waals surface area contributed by atoms with Gasteiger partial charge in [0.2, 0.25) is 5.91 Å². The normalized spacial score (nSPS) is 20.6. The van der Waals surface area contributed by atoms with Crippen molar-refractivity contribution in [2.24, 2.45) is 5.92 Å². The average Bonchev–Trinajstić information content (AvgIpc) is 2.63. The molecule has 0 aromatic rings. The molecular weight excluding hydrogens is 259 g/mol. The van der Waals surface area contributed by atoms with Crippen LogP contribution in [0.15, 0.2) is 0 Å². The van der Waals surface area contributed by atoms with Gasteiger partial charge >= 0.3 is 12.1 Å². The summed E-state index contributed by atoms with van der Waals surface area (Å²) in [6, 6.07) is 0. The second-order valence-corrected chi connectivity index (χ2v) is 4.76. The molecule has 4 nitrogen and oxygen atoms in total. The van der Waals surface area contributed by atoms with Gasteiger partial charge in [0.25, 0.3) is 0 Å². The van der Waals surface area contributed by atoms with Crippen molar-refractivity contribution in [1.82, 2.24) is 4.90 Å². The van der Waals surface area contributed by atoms with Gasteiger partial charge in [-0.2, -0.15) is 13.2 Å². The van der Waals surface area contributed by atoms with Crippen molar-refractivity contribution in [3.05, 3.63) is 0 Å². The van der Waals surface area contributed by atoms with Crippen molar-refractivity contribution >= 4 is 23.6 Å². The number of carbonyl (C=O) groups is 2. The van der Waals surface area contributed by atoms with Crippen LogP contribution in [0.25, 0.3) is 0 Å². The van der Waals surface area contributed by atoms with E-state index in [2.05, 4.69) is 0 Å². The van der Waals surface area contributed by atoms with Gasteiger partial charge in [0, 0.05) is 13.1 Å². The standard InChI is InChI=1S/C9H12F3NO3S/c10-9(11,12)5-17-4-7(14)13-2-1-6(3-13)8(15)16/h6H,1-5H2,(H,15,16). The van der Waals surface area contributed by atoms with Gasteiger partial charge in [-0.1, -0.05) is 0 Å². The lowest BCUT2D eigenvalue weighted by Gasteiger charge is -2.15. The first kappa shape index (κ1) is 14.1. The van der Waals surface area contributed by atoms with E-state index in [1.165, 1.54) is 4.90 Å². The molecule has 1 unspecified atom stereocenters. The summed E-state index contributed by atoms with van der Waals surface area (Å²) in [5.74, 6) is -3.31. The lowest BCUT2D eigenvalue weighted by atomic mass is 10.1. The number of carboxylic acid groups (broad SMARTS) is 1. The number of carboxylic acids is 1. The Morgan fingerprint density at radius 1 is 1.41 bits per heavy atom. The third kappa shape index (κ3) is 4.84. The zero-order chi connectivity index (χ0) is 13.1. The topological polar surface area (TPSA) is 57.6 Å². The van der Waals surface area contributed by atoms with Crippen molar-refractivity contribution in [3.63, 3.8) is 0 Å². The van der Waals surface area contributed by atoms with Crippen LogP contribution in [-0.4, -0.2) is 52.7 Å². The second-order valence-electron chi connectivity index (χ2n) is 3.77. The maximum absolute atomic E-state index is 11.8. The Morgan fingerprint density at radius 3 is 2.53 bits per heavy atom. The molecule has 8 heteroatoms. The minimum absolute atomic E-state index is 0.0980. The first-order valence-electron chi connectivity index (χ1n) is 4.94. The molecule has 1 atom stereocenters. The van der Waals surface area contributed by atoms with Gasteiger partial charge < -0.3 is 10.0 Å². The van der Waals surface area contributed by atoms with Crippen molar-refractivity contribution in [1.29, 1.82) is 0 Å². The van der Waals surface area contributed by atoms with E-state index in [0.717, 1.165) is 0 Å².